The van der Waals surface area contributed by atoms with Gasteiger partial charge in [-0.25, -0.2) is 9.97 Å². The summed E-state index contributed by atoms with van der Waals surface area (Å²) in [5.74, 6) is 0.736. The molecule has 6 heteroatoms. The molecule has 0 saturated heterocycles. The van der Waals surface area contributed by atoms with Gasteiger partial charge in [-0.2, -0.15) is 0 Å². The van der Waals surface area contributed by atoms with E-state index < -0.39 is 0 Å². The Kier molecular flexibility index (Phi) is 3.26. The quantitative estimate of drug-likeness (QED) is 0.914. The fraction of sp³-hybridized carbons (Fsp3) is 0.200. The summed E-state index contributed by atoms with van der Waals surface area (Å²) in [4.78, 5) is 11.1. The van der Waals surface area contributed by atoms with Crippen LogP contribution in [0.2, 0.25) is 4.34 Å². The van der Waals surface area contributed by atoms with E-state index in [4.69, 9.17) is 17.3 Å². The molecule has 2 rings (SSSR count). The van der Waals surface area contributed by atoms with Gasteiger partial charge >= 0.3 is 0 Å². The lowest BCUT2D eigenvalue weighted by atomic mass is 10.4. The molecule has 84 valence electrons. The van der Waals surface area contributed by atoms with Gasteiger partial charge < -0.3 is 10.6 Å². The standard InChI is InChI=1S/C10H11ClN4S/c1-15(5-7-2-3-9(11)16-7)10-8(12)4-13-6-14-10/h2-4,6H,5,12H2,1H3. The molecule has 0 bridgehead atoms. The lowest BCUT2D eigenvalue weighted by Crippen LogP contribution is -2.18. The molecular weight excluding hydrogens is 244 g/mol. The van der Waals surface area contributed by atoms with Crippen LogP contribution in [-0.4, -0.2) is 17.0 Å². The van der Waals surface area contributed by atoms with E-state index in [0.29, 0.717) is 5.69 Å². The molecule has 0 aromatic carbocycles. The summed E-state index contributed by atoms with van der Waals surface area (Å²) >= 11 is 7.43. The van der Waals surface area contributed by atoms with Gasteiger partial charge in [0.15, 0.2) is 5.82 Å². The summed E-state index contributed by atoms with van der Waals surface area (Å²) in [7, 11) is 1.94. The van der Waals surface area contributed by atoms with Crippen molar-refractivity contribution in [1.82, 2.24) is 9.97 Å². The number of nitrogens with zero attached hydrogens (tertiary/aromatic N) is 3. The average Bonchev–Trinajstić information content (AvgIpc) is 2.64. The molecule has 0 fully saturated rings. The normalized spacial score (nSPS) is 10.4. The van der Waals surface area contributed by atoms with Crippen LogP contribution in [0.3, 0.4) is 0 Å². The zero-order valence-corrected chi connectivity index (χ0v) is 10.3. The average molecular weight is 255 g/mol. The summed E-state index contributed by atoms with van der Waals surface area (Å²) in [6.07, 6.45) is 3.09. The molecule has 2 heterocycles. The van der Waals surface area contributed by atoms with Crippen LogP contribution in [0.4, 0.5) is 11.5 Å². The zero-order valence-electron chi connectivity index (χ0n) is 8.72. The number of aromatic nitrogens is 2. The van der Waals surface area contributed by atoms with Gasteiger partial charge in [-0.15, -0.1) is 11.3 Å². The van der Waals surface area contributed by atoms with E-state index in [-0.39, 0.29) is 0 Å². The Morgan fingerprint density at radius 1 is 1.50 bits per heavy atom. The number of nitrogens with two attached hydrogens (primary N) is 1. The molecular formula is C10H11ClN4S. The lowest BCUT2D eigenvalue weighted by Gasteiger charge is -2.18. The Morgan fingerprint density at radius 3 is 2.94 bits per heavy atom. The van der Waals surface area contributed by atoms with Crippen LogP contribution in [0.1, 0.15) is 4.88 Å². The van der Waals surface area contributed by atoms with E-state index in [0.717, 1.165) is 16.7 Å². The SMILES string of the molecule is CN(Cc1ccc(Cl)s1)c1ncncc1N. The first kappa shape index (κ1) is 11.2. The van der Waals surface area contributed by atoms with Crippen molar-refractivity contribution in [3.8, 4) is 0 Å². The third kappa shape index (κ3) is 2.43. The molecule has 16 heavy (non-hydrogen) atoms. The highest BCUT2D eigenvalue weighted by Gasteiger charge is 2.08. The minimum atomic E-state index is 0.577. The van der Waals surface area contributed by atoms with E-state index in [1.165, 1.54) is 11.2 Å². The Hall–Kier alpha value is -1.33. The molecule has 0 atom stereocenters. The van der Waals surface area contributed by atoms with Gasteiger partial charge in [0, 0.05) is 11.9 Å². The van der Waals surface area contributed by atoms with Crippen LogP contribution < -0.4 is 10.6 Å². The maximum atomic E-state index is 5.87. The Morgan fingerprint density at radius 2 is 2.31 bits per heavy atom. The smallest absolute Gasteiger partial charge is 0.155 e. The maximum Gasteiger partial charge on any atom is 0.155 e. The largest absolute Gasteiger partial charge is 0.394 e. The molecule has 2 aromatic heterocycles. The molecule has 0 aliphatic carbocycles. The minimum absolute atomic E-state index is 0.577. The van der Waals surface area contributed by atoms with Crippen molar-refractivity contribution < 1.29 is 0 Å². The van der Waals surface area contributed by atoms with Gasteiger partial charge in [0.05, 0.1) is 22.8 Å². The Balaban J connectivity index is 2.14. The number of anilines is 2. The number of nitrogen functional groups attached to an aromatic ring is 1. The van der Waals surface area contributed by atoms with Crippen LogP contribution >= 0.6 is 22.9 Å². The van der Waals surface area contributed by atoms with E-state index in [1.54, 1.807) is 17.5 Å². The predicted octanol–water partition coefficient (Wildman–Crippen LogP) is 2.41. The van der Waals surface area contributed by atoms with Gasteiger partial charge in [0.25, 0.3) is 0 Å². The zero-order chi connectivity index (χ0) is 11.5. The number of thiophene rings is 1. The van der Waals surface area contributed by atoms with Crippen LogP contribution in [0.15, 0.2) is 24.7 Å². The lowest BCUT2D eigenvalue weighted by molar-refractivity contribution is 0.907. The third-order valence-electron chi connectivity index (χ3n) is 2.10. The van der Waals surface area contributed by atoms with E-state index in [1.807, 2.05) is 24.1 Å². The van der Waals surface area contributed by atoms with E-state index >= 15 is 0 Å². The highest BCUT2D eigenvalue weighted by molar-refractivity contribution is 7.16. The first-order valence-corrected chi connectivity index (χ1v) is 5.87. The first-order chi connectivity index (χ1) is 7.66. The molecule has 0 aliphatic heterocycles. The van der Waals surface area contributed by atoms with Gasteiger partial charge in [-0.05, 0) is 12.1 Å². The van der Waals surface area contributed by atoms with Crippen molar-refractivity contribution in [3.05, 3.63) is 33.9 Å². The molecule has 4 nitrogen and oxygen atoms in total. The van der Waals surface area contributed by atoms with Crippen molar-refractivity contribution in [2.45, 2.75) is 6.54 Å². The highest BCUT2D eigenvalue weighted by Crippen LogP contribution is 2.25. The number of rotatable bonds is 3. The highest BCUT2D eigenvalue weighted by atomic mass is 35.5. The summed E-state index contributed by atoms with van der Waals surface area (Å²) in [5.41, 5.74) is 6.37. The van der Waals surface area contributed by atoms with Crippen LogP contribution in [-0.2, 0) is 6.54 Å². The number of halogens is 1. The second-order valence-corrected chi connectivity index (χ2v) is 5.16. The van der Waals surface area contributed by atoms with Crippen molar-refractivity contribution in [2.75, 3.05) is 17.7 Å². The van der Waals surface area contributed by atoms with Crippen molar-refractivity contribution in [3.63, 3.8) is 0 Å². The number of hydrogen-bond acceptors (Lipinski definition) is 5. The summed E-state index contributed by atoms with van der Waals surface area (Å²) in [6, 6.07) is 3.89. The van der Waals surface area contributed by atoms with Gasteiger partial charge in [0.1, 0.15) is 6.33 Å². The van der Waals surface area contributed by atoms with Crippen LogP contribution in [0, 0.1) is 0 Å². The van der Waals surface area contributed by atoms with E-state index in [9.17, 15) is 0 Å². The van der Waals surface area contributed by atoms with Crippen LogP contribution in [0.25, 0.3) is 0 Å². The molecule has 0 saturated carbocycles. The van der Waals surface area contributed by atoms with Gasteiger partial charge in [0.2, 0.25) is 0 Å². The number of hydrogen-bond donors (Lipinski definition) is 1. The first-order valence-electron chi connectivity index (χ1n) is 4.67. The molecule has 2 N–H and O–H groups in total. The molecule has 0 aliphatic rings. The predicted molar refractivity (Wildman–Crippen MR) is 67.9 cm³/mol. The van der Waals surface area contributed by atoms with Crippen molar-refractivity contribution in [2.24, 2.45) is 0 Å². The Labute approximate surface area is 103 Å². The fourth-order valence-corrected chi connectivity index (χ4v) is 2.54. The molecule has 2 aromatic rings. The summed E-state index contributed by atoms with van der Waals surface area (Å²) in [5, 5.41) is 0. The van der Waals surface area contributed by atoms with Crippen molar-refractivity contribution in [1.29, 1.82) is 0 Å². The molecule has 0 amide bonds. The molecule has 0 radical (unpaired) electrons. The topological polar surface area (TPSA) is 55.0 Å². The van der Waals surface area contributed by atoms with Gasteiger partial charge in [-0.1, -0.05) is 11.6 Å². The minimum Gasteiger partial charge on any atom is -0.394 e. The fourth-order valence-electron chi connectivity index (χ4n) is 1.40. The van der Waals surface area contributed by atoms with Crippen LogP contribution in [0.5, 0.6) is 0 Å². The second-order valence-electron chi connectivity index (χ2n) is 3.36. The maximum absolute atomic E-state index is 5.87. The Bertz CT molecular complexity index is 485. The summed E-state index contributed by atoms with van der Waals surface area (Å²) < 4.78 is 0.791. The molecule has 0 spiro atoms. The molecule has 0 unspecified atom stereocenters. The van der Waals surface area contributed by atoms with Gasteiger partial charge in [-0.3, -0.25) is 0 Å². The van der Waals surface area contributed by atoms with E-state index in [2.05, 4.69) is 9.97 Å². The third-order valence-corrected chi connectivity index (χ3v) is 3.32. The second kappa shape index (κ2) is 4.67. The monoisotopic (exact) mass is 254 g/mol. The summed E-state index contributed by atoms with van der Waals surface area (Å²) in [6.45, 7) is 0.735. The van der Waals surface area contributed by atoms with Crippen molar-refractivity contribution >= 4 is 34.4 Å².